The summed E-state index contributed by atoms with van der Waals surface area (Å²) in [7, 11) is 0. The summed E-state index contributed by atoms with van der Waals surface area (Å²) in [5.41, 5.74) is 5.12. The average Bonchev–Trinajstić information content (AvgIpc) is 2.55. The predicted molar refractivity (Wildman–Crippen MR) is 102 cm³/mol. The molecule has 3 aromatic carbocycles. The van der Waals surface area contributed by atoms with Crippen LogP contribution in [-0.2, 0) is 0 Å². The summed E-state index contributed by atoms with van der Waals surface area (Å²) in [6.45, 7) is 7.02. The van der Waals surface area contributed by atoms with Crippen LogP contribution in [0.5, 0.6) is 0 Å². The van der Waals surface area contributed by atoms with Gasteiger partial charge in [-0.25, -0.2) is 0 Å². The summed E-state index contributed by atoms with van der Waals surface area (Å²) < 4.78 is 2.00. The molecule has 0 aliphatic carbocycles. The summed E-state index contributed by atoms with van der Waals surface area (Å²) in [4.78, 5) is 0. The van der Waals surface area contributed by atoms with E-state index in [9.17, 15) is 0 Å². The summed E-state index contributed by atoms with van der Waals surface area (Å²) in [5, 5.41) is 0. The molecule has 0 aliphatic heterocycles. The van der Waals surface area contributed by atoms with Crippen LogP contribution in [0.3, 0.4) is 0 Å². The van der Waals surface area contributed by atoms with Gasteiger partial charge in [0.2, 0.25) is 0 Å². The molecule has 0 amide bonds. The third-order valence-corrected chi connectivity index (χ3v) is 6.80. The fourth-order valence-corrected chi connectivity index (χ4v) is 5.35. The molecule has 116 valence electrons. The van der Waals surface area contributed by atoms with Crippen molar-refractivity contribution in [2.75, 3.05) is 0 Å². The zero-order chi connectivity index (χ0) is 16.3. The fraction of sp³-hybridized carbons (Fsp3) is 0.182. The molecule has 1 heteroatoms. The van der Waals surface area contributed by atoms with Gasteiger partial charge >= 0.3 is 150 Å². The van der Waals surface area contributed by atoms with Crippen molar-refractivity contribution in [2.24, 2.45) is 0 Å². The first-order valence-electron chi connectivity index (χ1n) is 7.96. The second kappa shape index (κ2) is 6.91. The van der Waals surface area contributed by atoms with Gasteiger partial charge in [-0.2, -0.15) is 0 Å². The molecule has 0 aliphatic rings. The van der Waals surface area contributed by atoms with E-state index in [-0.39, 0.29) is 20.9 Å². The normalized spacial score (nSPS) is 11.4. The molecule has 0 saturated heterocycles. The molecular weight excluding hydrogens is 392 g/mol. The standard InChI is InChI=1S/C22H22Te/c1-22(2,3)23-21-15-13-20(14-16-21)19-11-9-18(10-12-19)17-7-5-4-6-8-17/h4-16H,1-3H3. The Bertz CT molecular complexity index is 748. The summed E-state index contributed by atoms with van der Waals surface area (Å²) in [6.07, 6.45) is 0. The Kier molecular flexibility index (Phi) is 4.90. The van der Waals surface area contributed by atoms with Gasteiger partial charge in [-0.15, -0.1) is 0 Å². The predicted octanol–water partition coefficient (Wildman–Crippen LogP) is 5.57. The van der Waals surface area contributed by atoms with Crippen molar-refractivity contribution in [1.82, 2.24) is 0 Å². The van der Waals surface area contributed by atoms with Crippen molar-refractivity contribution in [1.29, 1.82) is 0 Å². The van der Waals surface area contributed by atoms with Gasteiger partial charge in [0, 0.05) is 0 Å². The second-order valence-electron chi connectivity index (χ2n) is 6.68. The molecule has 0 atom stereocenters. The SMILES string of the molecule is CC(C)(C)[Te]c1ccc(-c2ccc(-c3ccccc3)cc2)cc1. The molecule has 23 heavy (non-hydrogen) atoms. The van der Waals surface area contributed by atoms with Gasteiger partial charge in [0.25, 0.3) is 0 Å². The summed E-state index contributed by atoms with van der Waals surface area (Å²) in [5.74, 6) is 0. The minimum absolute atomic E-state index is 0.126. The molecule has 0 fully saturated rings. The topological polar surface area (TPSA) is 0 Å². The van der Waals surface area contributed by atoms with Crippen LogP contribution in [0.4, 0.5) is 0 Å². The van der Waals surface area contributed by atoms with E-state index in [4.69, 9.17) is 0 Å². The van der Waals surface area contributed by atoms with Crippen LogP contribution >= 0.6 is 0 Å². The van der Waals surface area contributed by atoms with Crippen molar-refractivity contribution in [3.63, 3.8) is 0 Å². The van der Waals surface area contributed by atoms with Gasteiger partial charge < -0.3 is 0 Å². The van der Waals surface area contributed by atoms with Crippen LogP contribution in [0.2, 0.25) is 3.46 Å². The summed E-state index contributed by atoms with van der Waals surface area (Å²) >= 11 is -0.126. The molecule has 0 spiro atoms. The van der Waals surface area contributed by atoms with Crippen LogP contribution < -0.4 is 3.61 Å². The van der Waals surface area contributed by atoms with Crippen molar-refractivity contribution in [3.8, 4) is 22.3 Å². The molecule has 0 saturated carbocycles. The number of benzene rings is 3. The zero-order valence-electron chi connectivity index (χ0n) is 13.9. The van der Waals surface area contributed by atoms with Crippen LogP contribution in [0.25, 0.3) is 22.3 Å². The molecule has 3 rings (SSSR count). The quantitative estimate of drug-likeness (QED) is 0.492. The molecule has 3 aromatic rings. The third-order valence-electron chi connectivity index (χ3n) is 3.60. The van der Waals surface area contributed by atoms with E-state index < -0.39 is 0 Å². The molecule has 0 bridgehead atoms. The van der Waals surface area contributed by atoms with E-state index >= 15 is 0 Å². The molecule has 0 unspecified atom stereocenters. The van der Waals surface area contributed by atoms with Crippen molar-refractivity contribution in [3.05, 3.63) is 78.9 Å². The van der Waals surface area contributed by atoms with E-state index in [0.717, 1.165) is 0 Å². The zero-order valence-corrected chi connectivity index (χ0v) is 16.2. The number of hydrogen-bond donors (Lipinski definition) is 0. The molecular formula is C22H22Te. The fourth-order valence-electron chi connectivity index (χ4n) is 2.55. The Morgan fingerprint density at radius 3 is 1.35 bits per heavy atom. The van der Waals surface area contributed by atoms with E-state index in [1.807, 2.05) is 0 Å². The second-order valence-corrected chi connectivity index (χ2v) is 12.1. The van der Waals surface area contributed by atoms with Crippen molar-refractivity contribution >= 4 is 24.5 Å². The maximum absolute atomic E-state index is 2.34. The summed E-state index contributed by atoms with van der Waals surface area (Å²) in [6, 6.07) is 28.6. The Hall–Kier alpha value is -1.55. The van der Waals surface area contributed by atoms with Crippen LogP contribution in [0.1, 0.15) is 20.8 Å². The van der Waals surface area contributed by atoms with Gasteiger partial charge in [0.15, 0.2) is 0 Å². The monoisotopic (exact) mass is 416 g/mol. The van der Waals surface area contributed by atoms with Gasteiger partial charge in [0.05, 0.1) is 0 Å². The first-order chi connectivity index (χ1) is 11.0. The van der Waals surface area contributed by atoms with E-state index in [1.165, 1.54) is 25.9 Å². The van der Waals surface area contributed by atoms with Crippen molar-refractivity contribution < 1.29 is 0 Å². The van der Waals surface area contributed by atoms with Crippen LogP contribution in [0, 0.1) is 0 Å². The molecule has 0 nitrogen and oxygen atoms in total. The number of hydrogen-bond acceptors (Lipinski definition) is 0. The Labute approximate surface area is 149 Å². The Morgan fingerprint density at radius 2 is 0.913 bits per heavy atom. The first-order valence-corrected chi connectivity index (χ1v) is 10.3. The van der Waals surface area contributed by atoms with Crippen molar-refractivity contribution in [2.45, 2.75) is 24.2 Å². The Morgan fingerprint density at radius 1 is 0.522 bits per heavy atom. The van der Waals surface area contributed by atoms with Gasteiger partial charge in [0.1, 0.15) is 0 Å². The van der Waals surface area contributed by atoms with E-state index in [2.05, 4.69) is 99.6 Å². The van der Waals surface area contributed by atoms with Gasteiger partial charge in [-0.05, 0) is 0 Å². The van der Waals surface area contributed by atoms with Crippen LogP contribution in [0.15, 0.2) is 78.9 Å². The van der Waals surface area contributed by atoms with Gasteiger partial charge in [-0.3, -0.25) is 0 Å². The maximum atomic E-state index is 2.34. The van der Waals surface area contributed by atoms with Gasteiger partial charge in [-0.1, -0.05) is 0 Å². The molecule has 0 heterocycles. The molecule has 0 radical (unpaired) electrons. The van der Waals surface area contributed by atoms with E-state index in [1.54, 1.807) is 0 Å². The first kappa shape index (κ1) is 16.3. The molecule has 0 N–H and O–H groups in total. The number of rotatable bonds is 3. The van der Waals surface area contributed by atoms with E-state index in [0.29, 0.717) is 3.46 Å². The van der Waals surface area contributed by atoms with Crippen LogP contribution in [-0.4, -0.2) is 20.9 Å². The Balaban J connectivity index is 1.80. The minimum atomic E-state index is -0.126. The third kappa shape index (κ3) is 4.47. The molecule has 0 aromatic heterocycles. The average molecular weight is 414 g/mol.